The average Bonchev–Trinajstić information content (AvgIpc) is 2.61. The summed E-state index contributed by atoms with van der Waals surface area (Å²) in [6, 6.07) is 10.6. The van der Waals surface area contributed by atoms with Crippen LogP contribution in [0.4, 0.5) is 0 Å². The SMILES string of the molecule is CCCCC[B-](C#Cc1ccccc1)(CCCCC)CCCCC.[Li+]. The number of hydrogen-bond donors (Lipinski definition) is 0. The first-order chi connectivity index (χ1) is 11.8. The Labute approximate surface area is 170 Å². The van der Waals surface area contributed by atoms with Crippen molar-refractivity contribution in [1.29, 1.82) is 0 Å². The zero-order valence-electron chi connectivity index (χ0n) is 17.4. The standard InChI is InChI=1S/C23H38B.Li/c1-4-7-13-19-24(20-14-8-5-2,21-15-9-6-3)22-18-23-16-11-10-12-17-23;/h10-12,16-17H,4-9,13-15,19-21H2,1-3H3;/q-1;+1. The van der Waals surface area contributed by atoms with Gasteiger partial charge in [0.15, 0.2) is 0 Å². The van der Waals surface area contributed by atoms with Crippen molar-refractivity contribution < 1.29 is 18.9 Å². The molecule has 0 spiro atoms. The van der Waals surface area contributed by atoms with Gasteiger partial charge in [0.2, 0.25) is 0 Å². The minimum absolute atomic E-state index is 0. The van der Waals surface area contributed by atoms with Crippen molar-refractivity contribution >= 4 is 6.15 Å². The van der Waals surface area contributed by atoms with Crippen LogP contribution in [0.2, 0.25) is 19.0 Å². The number of unbranched alkanes of at least 4 members (excludes halogenated alkanes) is 6. The summed E-state index contributed by atoms with van der Waals surface area (Å²) in [5, 5.41) is 0. The summed E-state index contributed by atoms with van der Waals surface area (Å²) in [5.74, 6) is 7.38. The minimum Gasteiger partial charge on any atom is -0.309 e. The van der Waals surface area contributed by atoms with Crippen LogP contribution < -0.4 is 18.9 Å². The Balaban J connectivity index is 0.00000576. The topological polar surface area (TPSA) is 0 Å². The molecule has 0 N–H and O–H groups in total. The number of rotatable bonds is 12. The van der Waals surface area contributed by atoms with Gasteiger partial charge < -0.3 is 5.82 Å². The monoisotopic (exact) mass is 332 g/mol. The van der Waals surface area contributed by atoms with Crippen LogP contribution in [0.3, 0.4) is 0 Å². The molecule has 134 valence electrons. The molecule has 0 nitrogen and oxygen atoms in total. The Morgan fingerprint density at radius 3 is 1.52 bits per heavy atom. The molecule has 0 bridgehead atoms. The van der Waals surface area contributed by atoms with Gasteiger partial charge in [-0.3, -0.25) is 0 Å². The molecular formula is C23H38BLi. The molecule has 0 atom stereocenters. The van der Waals surface area contributed by atoms with Crippen molar-refractivity contribution in [2.24, 2.45) is 0 Å². The molecule has 0 heterocycles. The van der Waals surface area contributed by atoms with Gasteiger partial charge >= 0.3 is 18.9 Å². The van der Waals surface area contributed by atoms with Gasteiger partial charge in [-0.1, -0.05) is 96.8 Å². The Bertz CT molecular complexity index is 445. The summed E-state index contributed by atoms with van der Waals surface area (Å²) in [5.41, 5.74) is 1.19. The van der Waals surface area contributed by atoms with Crippen LogP contribution in [-0.4, -0.2) is 6.15 Å². The third-order valence-corrected chi connectivity index (χ3v) is 5.38. The second-order valence-corrected chi connectivity index (χ2v) is 7.60. The van der Waals surface area contributed by atoms with E-state index in [1.165, 1.54) is 82.3 Å². The molecule has 0 fully saturated rings. The maximum atomic E-state index is 3.84. The third-order valence-electron chi connectivity index (χ3n) is 5.38. The van der Waals surface area contributed by atoms with Crippen LogP contribution >= 0.6 is 0 Å². The van der Waals surface area contributed by atoms with Crippen LogP contribution in [0.15, 0.2) is 30.3 Å². The molecule has 0 aliphatic heterocycles. The van der Waals surface area contributed by atoms with Crippen LogP contribution in [0, 0.1) is 11.7 Å². The molecule has 0 amide bonds. The van der Waals surface area contributed by atoms with Gasteiger partial charge in [-0.2, -0.15) is 19.0 Å². The van der Waals surface area contributed by atoms with E-state index in [-0.39, 0.29) is 18.9 Å². The van der Waals surface area contributed by atoms with E-state index in [0.717, 1.165) is 0 Å². The smallest absolute Gasteiger partial charge is 0.309 e. The van der Waals surface area contributed by atoms with E-state index in [2.05, 4.69) is 62.8 Å². The van der Waals surface area contributed by atoms with Gasteiger partial charge in [-0.25, -0.2) is 0 Å². The van der Waals surface area contributed by atoms with Crippen molar-refractivity contribution in [3.8, 4) is 11.7 Å². The van der Waals surface area contributed by atoms with Gasteiger partial charge in [0.25, 0.3) is 0 Å². The van der Waals surface area contributed by atoms with Crippen LogP contribution in [0.1, 0.15) is 84.1 Å². The fourth-order valence-electron chi connectivity index (χ4n) is 3.76. The van der Waals surface area contributed by atoms with Gasteiger partial charge in [0.05, 0.1) is 6.15 Å². The quantitative estimate of drug-likeness (QED) is 0.298. The Kier molecular flexibility index (Phi) is 15.3. The summed E-state index contributed by atoms with van der Waals surface area (Å²) in [6.07, 6.45) is 15.6. The predicted molar refractivity (Wildman–Crippen MR) is 112 cm³/mol. The van der Waals surface area contributed by atoms with Gasteiger partial charge in [0, 0.05) is 5.56 Å². The molecule has 0 aliphatic rings. The molecule has 0 saturated carbocycles. The largest absolute Gasteiger partial charge is 1.00 e. The summed E-state index contributed by atoms with van der Waals surface area (Å²) in [7, 11) is 0. The summed E-state index contributed by atoms with van der Waals surface area (Å²) >= 11 is 0. The fourth-order valence-corrected chi connectivity index (χ4v) is 3.76. The second kappa shape index (κ2) is 15.7. The Morgan fingerprint density at radius 2 is 1.12 bits per heavy atom. The Morgan fingerprint density at radius 1 is 0.680 bits per heavy atom. The zero-order valence-corrected chi connectivity index (χ0v) is 17.4. The number of benzene rings is 1. The molecule has 0 radical (unpaired) electrons. The maximum absolute atomic E-state index is 3.84. The van der Waals surface area contributed by atoms with Gasteiger partial charge in [-0.05, 0) is 12.1 Å². The molecule has 0 aliphatic carbocycles. The first-order valence-electron chi connectivity index (χ1n) is 10.5. The van der Waals surface area contributed by atoms with Gasteiger partial charge in [0.1, 0.15) is 0 Å². The third kappa shape index (κ3) is 10.9. The molecule has 0 saturated heterocycles. The molecule has 1 rings (SSSR count). The van der Waals surface area contributed by atoms with E-state index >= 15 is 0 Å². The van der Waals surface area contributed by atoms with E-state index in [0.29, 0.717) is 0 Å². The van der Waals surface area contributed by atoms with Gasteiger partial charge in [-0.15, -0.1) is 5.92 Å². The van der Waals surface area contributed by atoms with Crippen molar-refractivity contribution in [1.82, 2.24) is 0 Å². The summed E-state index contributed by atoms with van der Waals surface area (Å²) in [4.78, 5) is 0. The van der Waals surface area contributed by atoms with Crippen LogP contribution in [0.25, 0.3) is 0 Å². The van der Waals surface area contributed by atoms with Crippen molar-refractivity contribution in [2.45, 2.75) is 97.5 Å². The molecule has 1 aromatic rings. The van der Waals surface area contributed by atoms with E-state index in [4.69, 9.17) is 0 Å². The summed E-state index contributed by atoms with van der Waals surface area (Å²) < 4.78 is 0. The summed E-state index contributed by atoms with van der Waals surface area (Å²) in [6.45, 7) is 6.91. The van der Waals surface area contributed by atoms with Crippen LogP contribution in [-0.2, 0) is 0 Å². The molecule has 1 aromatic carbocycles. The molecule has 0 unspecified atom stereocenters. The van der Waals surface area contributed by atoms with Crippen molar-refractivity contribution in [3.63, 3.8) is 0 Å². The van der Waals surface area contributed by atoms with Crippen LogP contribution in [0.5, 0.6) is 0 Å². The molecule has 0 aromatic heterocycles. The first kappa shape index (κ1) is 24.4. The molecule has 2 heteroatoms. The maximum Gasteiger partial charge on any atom is 1.00 e. The Hall–Kier alpha value is -0.558. The van der Waals surface area contributed by atoms with E-state index in [9.17, 15) is 0 Å². The number of hydrogen-bond acceptors (Lipinski definition) is 0. The van der Waals surface area contributed by atoms with Crippen molar-refractivity contribution in [3.05, 3.63) is 35.9 Å². The average molecular weight is 332 g/mol. The van der Waals surface area contributed by atoms with E-state index in [1.807, 2.05) is 0 Å². The molecule has 25 heavy (non-hydrogen) atoms. The first-order valence-corrected chi connectivity index (χ1v) is 10.5. The minimum atomic E-state index is -0.518. The second-order valence-electron chi connectivity index (χ2n) is 7.60. The molecular weight excluding hydrogens is 294 g/mol. The van der Waals surface area contributed by atoms with E-state index in [1.54, 1.807) is 0 Å². The normalized spacial score (nSPS) is 10.7. The fraction of sp³-hybridized carbons (Fsp3) is 0.652. The zero-order chi connectivity index (χ0) is 17.5. The van der Waals surface area contributed by atoms with Crippen molar-refractivity contribution in [2.75, 3.05) is 0 Å². The van der Waals surface area contributed by atoms with E-state index < -0.39 is 6.15 Å². The predicted octanol–water partition coefficient (Wildman–Crippen LogP) is 4.60.